The van der Waals surface area contributed by atoms with E-state index in [9.17, 15) is 0 Å². The van der Waals surface area contributed by atoms with E-state index in [4.69, 9.17) is 10.9 Å². The monoisotopic (exact) mass is 118 g/mol. The number of nitrogens with zero attached hydrogens (tertiary/aromatic N) is 2. The molecular formula is C2H6N4S. The van der Waals surface area contributed by atoms with Gasteiger partial charge in [0.2, 0.25) is 0 Å². The molecule has 4 nitrogen and oxygen atoms in total. The zero-order valence-electron chi connectivity index (χ0n) is 3.66. The molecule has 0 aromatic rings. The standard InChI is InChI=1S/C2H6N4S/c1-5-6-2(3)7-4/h1,4H2,(H2,3,6). The fourth-order valence-electron chi connectivity index (χ4n) is 0.0933. The lowest BCUT2D eigenvalue weighted by Crippen LogP contribution is -2.07. The van der Waals surface area contributed by atoms with Crippen molar-refractivity contribution >= 4 is 23.8 Å². The lowest BCUT2D eigenvalue weighted by atomic mass is 11.4. The maximum atomic E-state index is 5.04. The van der Waals surface area contributed by atoms with Crippen LogP contribution in [-0.2, 0) is 0 Å². The van der Waals surface area contributed by atoms with E-state index in [1.54, 1.807) is 0 Å². The van der Waals surface area contributed by atoms with Crippen molar-refractivity contribution in [2.45, 2.75) is 0 Å². The van der Waals surface area contributed by atoms with Crippen LogP contribution in [0.5, 0.6) is 0 Å². The maximum Gasteiger partial charge on any atom is 0.195 e. The maximum absolute atomic E-state index is 5.04. The Kier molecular flexibility index (Phi) is 3.35. The van der Waals surface area contributed by atoms with E-state index in [-0.39, 0.29) is 5.17 Å². The number of rotatable bonds is 1. The van der Waals surface area contributed by atoms with E-state index >= 15 is 0 Å². The third-order valence-corrected chi connectivity index (χ3v) is 0.613. The molecule has 40 valence electrons. The molecule has 0 radical (unpaired) electrons. The molecule has 0 aromatic carbocycles. The molecule has 0 aliphatic heterocycles. The number of nitrogens with two attached hydrogens (primary N) is 2. The van der Waals surface area contributed by atoms with Crippen molar-refractivity contribution in [3.8, 4) is 0 Å². The quantitative estimate of drug-likeness (QED) is 0.211. The molecule has 0 aromatic heterocycles. The van der Waals surface area contributed by atoms with E-state index < -0.39 is 0 Å². The Balaban J connectivity index is 3.49. The Hall–Kier alpha value is -0.550. The normalized spacial score (nSPS) is 11.3. The Labute approximate surface area is 45.8 Å². The van der Waals surface area contributed by atoms with Gasteiger partial charge in [0.25, 0.3) is 0 Å². The molecule has 0 saturated heterocycles. The average Bonchev–Trinajstić information content (AvgIpc) is 1.68. The molecule has 0 unspecified atom stereocenters. The van der Waals surface area contributed by atoms with E-state index in [0.29, 0.717) is 0 Å². The van der Waals surface area contributed by atoms with E-state index in [1.165, 1.54) is 0 Å². The van der Waals surface area contributed by atoms with Crippen molar-refractivity contribution in [3.05, 3.63) is 0 Å². The van der Waals surface area contributed by atoms with E-state index in [0.717, 1.165) is 11.9 Å². The van der Waals surface area contributed by atoms with Gasteiger partial charge < -0.3 is 5.73 Å². The fourth-order valence-corrected chi connectivity index (χ4v) is 0.198. The smallest absolute Gasteiger partial charge is 0.195 e. The fraction of sp³-hybridized carbons (Fsp3) is 0. The number of hydrogen-bond acceptors (Lipinski definition) is 4. The molecule has 5 heteroatoms. The lowest BCUT2D eigenvalue weighted by Gasteiger charge is -1.83. The second kappa shape index (κ2) is 3.63. The minimum absolute atomic E-state index is 0.218. The summed E-state index contributed by atoms with van der Waals surface area (Å²) in [7, 11) is 0. The zero-order valence-corrected chi connectivity index (χ0v) is 4.48. The first-order chi connectivity index (χ1) is 3.31. The Bertz CT molecular complexity index is 87.7. The molecule has 0 heterocycles. The van der Waals surface area contributed by atoms with Crippen molar-refractivity contribution in [2.24, 2.45) is 21.1 Å². The van der Waals surface area contributed by atoms with Crippen LogP contribution in [0.25, 0.3) is 0 Å². The number of amidine groups is 1. The second-order valence-electron chi connectivity index (χ2n) is 0.698. The van der Waals surface area contributed by atoms with E-state index in [1.807, 2.05) is 0 Å². The summed E-state index contributed by atoms with van der Waals surface area (Å²) in [5.74, 6) is 0. The summed E-state index contributed by atoms with van der Waals surface area (Å²) in [6.07, 6.45) is 0. The van der Waals surface area contributed by atoms with Crippen molar-refractivity contribution in [1.29, 1.82) is 0 Å². The van der Waals surface area contributed by atoms with Crippen LogP contribution in [0, 0.1) is 0 Å². The molecule has 4 N–H and O–H groups in total. The SMILES string of the molecule is C=N/N=C(/N)SN. The predicted octanol–water partition coefficient (Wildman–Crippen LogP) is -0.476. The highest BCUT2D eigenvalue weighted by Gasteiger charge is 1.80. The van der Waals surface area contributed by atoms with Crippen LogP contribution < -0.4 is 10.9 Å². The van der Waals surface area contributed by atoms with Gasteiger partial charge in [-0.3, -0.25) is 5.14 Å². The highest BCUT2D eigenvalue weighted by atomic mass is 32.2. The first-order valence-electron chi connectivity index (χ1n) is 1.47. The van der Waals surface area contributed by atoms with Gasteiger partial charge in [-0.05, 0) is 11.9 Å². The predicted molar refractivity (Wildman–Crippen MR) is 32.9 cm³/mol. The van der Waals surface area contributed by atoms with Gasteiger partial charge in [-0.15, -0.1) is 5.10 Å². The molecule has 0 fully saturated rings. The highest BCUT2D eigenvalue weighted by Crippen LogP contribution is 1.83. The highest BCUT2D eigenvalue weighted by molar-refractivity contribution is 8.11. The lowest BCUT2D eigenvalue weighted by molar-refractivity contribution is 1.26. The molecule has 0 rings (SSSR count). The van der Waals surface area contributed by atoms with Crippen LogP contribution >= 0.6 is 11.9 Å². The molecule has 0 bridgehead atoms. The average molecular weight is 118 g/mol. The van der Waals surface area contributed by atoms with Crippen molar-refractivity contribution in [3.63, 3.8) is 0 Å². The van der Waals surface area contributed by atoms with Crippen LogP contribution in [0.3, 0.4) is 0 Å². The van der Waals surface area contributed by atoms with Gasteiger partial charge in [-0.2, -0.15) is 5.10 Å². The molecular weight excluding hydrogens is 112 g/mol. The molecule has 7 heavy (non-hydrogen) atoms. The molecule has 0 spiro atoms. The van der Waals surface area contributed by atoms with Crippen molar-refractivity contribution < 1.29 is 0 Å². The summed E-state index contributed by atoms with van der Waals surface area (Å²) in [6, 6.07) is 0. The summed E-state index contributed by atoms with van der Waals surface area (Å²) >= 11 is 0.843. The summed E-state index contributed by atoms with van der Waals surface area (Å²) in [6.45, 7) is 3.06. The summed E-state index contributed by atoms with van der Waals surface area (Å²) in [5.41, 5.74) is 5.04. The molecule has 0 saturated carbocycles. The molecule has 0 atom stereocenters. The van der Waals surface area contributed by atoms with Crippen LogP contribution in [-0.4, -0.2) is 11.9 Å². The van der Waals surface area contributed by atoms with Gasteiger partial charge in [0, 0.05) is 6.72 Å². The first kappa shape index (κ1) is 6.45. The second-order valence-corrected chi connectivity index (χ2v) is 1.35. The van der Waals surface area contributed by atoms with Crippen molar-refractivity contribution in [2.75, 3.05) is 0 Å². The third-order valence-electron chi connectivity index (χ3n) is 0.290. The summed E-state index contributed by atoms with van der Waals surface area (Å²) < 4.78 is 0. The van der Waals surface area contributed by atoms with Gasteiger partial charge in [0.05, 0.1) is 0 Å². The Morgan fingerprint density at radius 1 is 1.71 bits per heavy atom. The Morgan fingerprint density at radius 3 is 2.43 bits per heavy atom. The van der Waals surface area contributed by atoms with Gasteiger partial charge in [0.15, 0.2) is 5.17 Å². The largest absolute Gasteiger partial charge is 0.376 e. The minimum Gasteiger partial charge on any atom is -0.376 e. The zero-order chi connectivity index (χ0) is 5.70. The molecule has 0 aliphatic carbocycles. The van der Waals surface area contributed by atoms with Gasteiger partial charge >= 0.3 is 0 Å². The summed E-state index contributed by atoms with van der Waals surface area (Å²) in [5, 5.41) is 11.6. The van der Waals surface area contributed by atoms with E-state index in [2.05, 4.69) is 16.9 Å². The molecule has 0 aliphatic rings. The first-order valence-corrected chi connectivity index (χ1v) is 2.35. The third kappa shape index (κ3) is 3.28. The number of hydrogen-bond donors (Lipinski definition) is 2. The van der Waals surface area contributed by atoms with Gasteiger partial charge in [-0.1, -0.05) is 0 Å². The Morgan fingerprint density at radius 2 is 2.29 bits per heavy atom. The van der Waals surface area contributed by atoms with Crippen LogP contribution in [0.15, 0.2) is 10.2 Å². The van der Waals surface area contributed by atoms with Crippen LogP contribution in [0.4, 0.5) is 0 Å². The van der Waals surface area contributed by atoms with Crippen LogP contribution in [0.2, 0.25) is 0 Å². The molecule has 0 amide bonds. The summed E-state index contributed by atoms with van der Waals surface area (Å²) in [4.78, 5) is 0. The van der Waals surface area contributed by atoms with Gasteiger partial charge in [-0.25, -0.2) is 0 Å². The topological polar surface area (TPSA) is 76.8 Å². The van der Waals surface area contributed by atoms with Crippen molar-refractivity contribution in [1.82, 2.24) is 0 Å². The van der Waals surface area contributed by atoms with Gasteiger partial charge in [0.1, 0.15) is 0 Å². The minimum atomic E-state index is 0.218. The van der Waals surface area contributed by atoms with Crippen LogP contribution in [0.1, 0.15) is 0 Å².